The summed E-state index contributed by atoms with van der Waals surface area (Å²) >= 11 is 0. The van der Waals surface area contributed by atoms with E-state index >= 15 is 0 Å². The summed E-state index contributed by atoms with van der Waals surface area (Å²) in [5.41, 5.74) is 1.76. The van der Waals surface area contributed by atoms with E-state index < -0.39 is 5.97 Å². The lowest BCUT2D eigenvalue weighted by atomic mass is 9.79. The first-order chi connectivity index (χ1) is 7.66. The van der Waals surface area contributed by atoms with E-state index in [4.69, 9.17) is 5.11 Å². The zero-order valence-electron chi connectivity index (χ0n) is 8.89. The molecule has 1 aromatic carbocycles. The van der Waals surface area contributed by atoms with Crippen molar-refractivity contribution in [1.82, 2.24) is 0 Å². The molecule has 3 nitrogen and oxygen atoms in total. The van der Waals surface area contributed by atoms with E-state index in [1.807, 2.05) is 6.07 Å². The number of aromatic hydroxyl groups is 1. The molecule has 0 saturated heterocycles. The Morgan fingerprint density at radius 2 is 2.12 bits per heavy atom. The molecule has 1 aromatic rings. The van der Waals surface area contributed by atoms with Gasteiger partial charge in [0.15, 0.2) is 0 Å². The minimum atomic E-state index is -0.960. The third kappa shape index (κ3) is 2.24. The van der Waals surface area contributed by atoms with Crippen molar-refractivity contribution < 1.29 is 15.0 Å². The molecule has 0 radical (unpaired) electrons. The van der Waals surface area contributed by atoms with Gasteiger partial charge in [-0.2, -0.15) is 0 Å². The third-order valence-corrected chi connectivity index (χ3v) is 3.01. The molecule has 2 N–H and O–H groups in total. The number of phenols is 1. The van der Waals surface area contributed by atoms with Crippen LogP contribution in [0.5, 0.6) is 5.75 Å². The number of aliphatic carboxylic acids is 1. The molecule has 0 bridgehead atoms. The molecule has 1 fully saturated rings. The zero-order chi connectivity index (χ0) is 11.5. The van der Waals surface area contributed by atoms with Gasteiger partial charge in [0.05, 0.1) is 0 Å². The molecule has 0 amide bonds. The summed E-state index contributed by atoms with van der Waals surface area (Å²) in [7, 11) is 0. The van der Waals surface area contributed by atoms with Crippen molar-refractivity contribution in [2.75, 3.05) is 0 Å². The average Bonchev–Trinajstić information content (AvgIpc) is 2.16. The SMILES string of the molecule is O=C(O)/C=C/c1ccc(O)c(C2CCC2)c1. The number of hydrogen-bond donors (Lipinski definition) is 2. The third-order valence-electron chi connectivity index (χ3n) is 3.01. The van der Waals surface area contributed by atoms with Crippen LogP contribution >= 0.6 is 0 Å². The summed E-state index contributed by atoms with van der Waals surface area (Å²) in [6.07, 6.45) is 6.08. The molecule has 84 valence electrons. The Kier molecular flexibility index (Phi) is 2.95. The van der Waals surface area contributed by atoms with Crippen LogP contribution in [-0.2, 0) is 4.79 Å². The number of carbonyl (C=O) groups is 1. The van der Waals surface area contributed by atoms with Crippen molar-refractivity contribution in [3.8, 4) is 5.75 Å². The van der Waals surface area contributed by atoms with E-state index in [2.05, 4.69) is 0 Å². The lowest BCUT2D eigenvalue weighted by Crippen LogP contribution is -2.08. The molecule has 0 aliphatic heterocycles. The Balaban J connectivity index is 2.24. The number of hydrogen-bond acceptors (Lipinski definition) is 2. The fourth-order valence-electron chi connectivity index (χ4n) is 1.89. The monoisotopic (exact) mass is 218 g/mol. The molecule has 0 aromatic heterocycles. The van der Waals surface area contributed by atoms with Crippen LogP contribution in [-0.4, -0.2) is 16.2 Å². The van der Waals surface area contributed by atoms with Crippen molar-refractivity contribution in [2.45, 2.75) is 25.2 Å². The normalized spacial score (nSPS) is 16.2. The summed E-state index contributed by atoms with van der Waals surface area (Å²) < 4.78 is 0. The highest BCUT2D eigenvalue weighted by atomic mass is 16.4. The second kappa shape index (κ2) is 4.39. The van der Waals surface area contributed by atoms with Gasteiger partial charge in [0, 0.05) is 6.08 Å². The summed E-state index contributed by atoms with van der Waals surface area (Å²) in [6, 6.07) is 5.23. The smallest absolute Gasteiger partial charge is 0.328 e. The lowest BCUT2D eigenvalue weighted by molar-refractivity contribution is -0.131. The van der Waals surface area contributed by atoms with Crippen LogP contribution in [0.3, 0.4) is 0 Å². The lowest BCUT2D eigenvalue weighted by Gasteiger charge is -2.26. The number of rotatable bonds is 3. The molecule has 0 spiro atoms. The van der Waals surface area contributed by atoms with Crippen molar-refractivity contribution in [2.24, 2.45) is 0 Å². The fraction of sp³-hybridized carbons (Fsp3) is 0.308. The van der Waals surface area contributed by atoms with Crippen LogP contribution in [0.15, 0.2) is 24.3 Å². The largest absolute Gasteiger partial charge is 0.508 e. The van der Waals surface area contributed by atoms with Crippen LogP contribution in [0.2, 0.25) is 0 Å². The second-order valence-electron chi connectivity index (χ2n) is 4.12. The molecule has 1 aliphatic carbocycles. The van der Waals surface area contributed by atoms with Gasteiger partial charge >= 0.3 is 5.97 Å². The van der Waals surface area contributed by atoms with E-state index in [9.17, 15) is 9.90 Å². The molecular weight excluding hydrogens is 204 g/mol. The van der Waals surface area contributed by atoms with Crippen LogP contribution in [0.1, 0.15) is 36.3 Å². The van der Waals surface area contributed by atoms with Gasteiger partial charge in [0.25, 0.3) is 0 Å². The van der Waals surface area contributed by atoms with E-state index in [-0.39, 0.29) is 0 Å². The Morgan fingerprint density at radius 1 is 1.38 bits per heavy atom. The molecule has 2 rings (SSSR count). The summed E-state index contributed by atoms with van der Waals surface area (Å²) in [5.74, 6) is -0.200. The first-order valence-electron chi connectivity index (χ1n) is 5.41. The van der Waals surface area contributed by atoms with E-state index in [0.29, 0.717) is 11.7 Å². The predicted molar refractivity (Wildman–Crippen MR) is 61.4 cm³/mol. The van der Waals surface area contributed by atoms with Crippen LogP contribution in [0, 0.1) is 0 Å². The summed E-state index contributed by atoms with van der Waals surface area (Å²) in [6.45, 7) is 0. The Morgan fingerprint density at radius 3 is 2.69 bits per heavy atom. The molecule has 1 aliphatic rings. The van der Waals surface area contributed by atoms with Gasteiger partial charge in [-0.05, 0) is 48.1 Å². The molecular formula is C13H14O3. The maximum atomic E-state index is 10.4. The van der Waals surface area contributed by atoms with Crippen molar-refractivity contribution in [1.29, 1.82) is 0 Å². The zero-order valence-corrected chi connectivity index (χ0v) is 8.89. The van der Waals surface area contributed by atoms with Gasteiger partial charge in [-0.3, -0.25) is 0 Å². The molecule has 0 unspecified atom stereocenters. The fourth-order valence-corrected chi connectivity index (χ4v) is 1.89. The average molecular weight is 218 g/mol. The highest BCUT2D eigenvalue weighted by Gasteiger charge is 2.22. The van der Waals surface area contributed by atoms with Gasteiger partial charge in [0.2, 0.25) is 0 Å². The van der Waals surface area contributed by atoms with Crippen LogP contribution in [0.25, 0.3) is 6.08 Å². The summed E-state index contributed by atoms with van der Waals surface area (Å²) in [4.78, 5) is 10.4. The maximum Gasteiger partial charge on any atom is 0.328 e. The van der Waals surface area contributed by atoms with Crippen molar-refractivity contribution in [3.63, 3.8) is 0 Å². The second-order valence-corrected chi connectivity index (χ2v) is 4.12. The Bertz CT molecular complexity index is 431. The van der Waals surface area contributed by atoms with Crippen LogP contribution in [0.4, 0.5) is 0 Å². The molecule has 16 heavy (non-hydrogen) atoms. The topological polar surface area (TPSA) is 57.5 Å². The van der Waals surface area contributed by atoms with Gasteiger partial charge in [-0.25, -0.2) is 4.79 Å². The maximum absolute atomic E-state index is 10.4. The standard InChI is InChI=1S/C13H14O3/c14-12-6-4-9(5-7-13(15)16)8-11(12)10-2-1-3-10/h4-8,10,14H,1-3H2,(H,15,16)/b7-5+. The first kappa shape index (κ1) is 10.7. The minimum absolute atomic E-state index is 0.317. The number of carboxylic acid groups (broad SMARTS) is 1. The molecule has 3 heteroatoms. The highest BCUT2D eigenvalue weighted by Crippen LogP contribution is 2.40. The van der Waals surface area contributed by atoms with Gasteiger partial charge < -0.3 is 10.2 Å². The first-order valence-corrected chi connectivity index (χ1v) is 5.41. The highest BCUT2D eigenvalue weighted by molar-refractivity contribution is 5.85. The minimum Gasteiger partial charge on any atom is -0.508 e. The van der Waals surface area contributed by atoms with Gasteiger partial charge in [-0.1, -0.05) is 12.5 Å². The summed E-state index contributed by atoms with van der Waals surface area (Å²) in [5, 5.41) is 18.2. The van der Waals surface area contributed by atoms with Crippen LogP contribution < -0.4 is 0 Å². The Labute approximate surface area is 94.0 Å². The number of benzene rings is 1. The van der Waals surface area contributed by atoms with Gasteiger partial charge in [-0.15, -0.1) is 0 Å². The van der Waals surface area contributed by atoms with Crippen molar-refractivity contribution in [3.05, 3.63) is 35.4 Å². The van der Waals surface area contributed by atoms with Crippen molar-refractivity contribution >= 4 is 12.0 Å². The molecule has 0 heterocycles. The number of carboxylic acids is 1. The Hall–Kier alpha value is -1.77. The van der Waals surface area contributed by atoms with E-state index in [0.717, 1.165) is 30.0 Å². The van der Waals surface area contributed by atoms with E-state index in [1.165, 1.54) is 6.42 Å². The van der Waals surface area contributed by atoms with Gasteiger partial charge in [0.1, 0.15) is 5.75 Å². The molecule has 0 atom stereocenters. The predicted octanol–water partition coefficient (Wildman–Crippen LogP) is 2.76. The number of phenolic OH excluding ortho intramolecular Hbond substituents is 1. The van der Waals surface area contributed by atoms with E-state index in [1.54, 1.807) is 18.2 Å². The molecule has 1 saturated carbocycles. The quantitative estimate of drug-likeness (QED) is 0.767.